The topological polar surface area (TPSA) is 115 Å². The van der Waals surface area contributed by atoms with Gasteiger partial charge in [-0.15, -0.1) is 0 Å². The third kappa shape index (κ3) is 6.32. The normalized spacial score (nSPS) is 21.6. The van der Waals surface area contributed by atoms with E-state index >= 15 is 0 Å². The van der Waals surface area contributed by atoms with E-state index in [4.69, 9.17) is 18.9 Å². The monoisotopic (exact) mass is 636 g/mol. The van der Waals surface area contributed by atoms with Crippen LogP contribution in [0.2, 0.25) is 0 Å². The lowest BCUT2D eigenvalue weighted by Crippen LogP contribution is -2.58. The van der Waals surface area contributed by atoms with Crippen LogP contribution in [0.15, 0.2) is 65.6 Å². The van der Waals surface area contributed by atoms with Crippen LogP contribution in [0.4, 0.5) is 5.69 Å². The van der Waals surface area contributed by atoms with Crippen molar-refractivity contribution in [1.29, 1.82) is 0 Å². The number of hydrogen-bond donors (Lipinski definition) is 1. The lowest BCUT2D eigenvalue weighted by molar-refractivity contribution is -0.185. The molecule has 1 N–H and O–H groups in total. The van der Waals surface area contributed by atoms with Gasteiger partial charge in [0.25, 0.3) is 0 Å². The number of nitrogens with zero attached hydrogens (tertiary/aromatic N) is 2. The summed E-state index contributed by atoms with van der Waals surface area (Å²) in [5.41, 5.74) is 3.96. The Bertz CT molecular complexity index is 1640. The molecule has 0 amide bonds. The molecule has 2 atom stereocenters. The van der Waals surface area contributed by atoms with Gasteiger partial charge in [0, 0.05) is 33.4 Å². The highest BCUT2D eigenvalue weighted by Crippen LogP contribution is 2.45. The average molecular weight is 637 g/mol. The first-order valence-corrected chi connectivity index (χ1v) is 16.8. The number of rotatable bonds is 10. The fraction of sp³-hybridized carbons (Fsp3) is 0.441. The molecule has 1 spiro atoms. The van der Waals surface area contributed by atoms with Crippen molar-refractivity contribution in [3.63, 3.8) is 0 Å². The molecule has 3 aromatic rings. The molecular formula is C34H40N2O8S. The molecule has 3 aliphatic rings. The minimum atomic E-state index is -3.79. The van der Waals surface area contributed by atoms with Crippen molar-refractivity contribution < 1.29 is 37.3 Å². The zero-order valence-electron chi connectivity index (χ0n) is 25.7. The number of ether oxygens (including phenoxy) is 4. The van der Waals surface area contributed by atoms with Gasteiger partial charge in [-0.2, -0.15) is 4.31 Å². The fourth-order valence-electron chi connectivity index (χ4n) is 6.62. The van der Waals surface area contributed by atoms with Gasteiger partial charge in [-0.25, -0.2) is 13.2 Å². The lowest BCUT2D eigenvalue weighted by atomic mass is 9.77. The first-order chi connectivity index (χ1) is 21.7. The zero-order valence-corrected chi connectivity index (χ0v) is 26.6. The predicted octanol–water partition coefficient (Wildman–Crippen LogP) is 4.38. The van der Waals surface area contributed by atoms with Crippen molar-refractivity contribution >= 4 is 21.7 Å². The summed E-state index contributed by atoms with van der Waals surface area (Å²) in [5, 5.41) is 9.62. The minimum Gasteiger partial charge on any atom is -0.490 e. The van der Waals surface area contributed by atoms with Crippen molar-refractivity contribution in [3.8, 4) is 5.75 Å². The number of carboxylic acids is 1. The highest BCUT2D eigenvalue weighted by atomic mass is 32.2. The van der Waals surface area contributed by atoms with Crippen LogP contribution < -0.4 is 9.64 Å². The maximum atomic E-state index is 13.8. The molecule has 0 unspecified atom stereocenters. The summed E-state index contributed by atoms with van der Waals surface area (Å²) in [6.45, 7) is 5.78. The molecule has 3 aromatic carbocycles. The second-order valence-corrected chi connectivity index (χ2v) is 13.8. The van der Waals surface area contributed by atoms with Gasteiger partial charge in [0.15, 0.2) is 0 Å². The summed E-state index contributed by atoms with van der Waals surface area (Å²) in [4.78, 5) is 14.3. The van der Waals surface area contributed by atoms with Crippen molar-refractivity contribution in [1.82, 2.24) is 4.31 Å². The van der Waals surface area contributed by atoms with E-state index in [1.165, 1.54) is 4.31 Å². The van der Waals surface area contributed by atoms with Gasteiger partial charge < -0.3 is 29.0 Å². The van der Waals surface area contributed by atoms with E-state index in [9.17, 15) is 18.3 Å². The van der Waals surface area contributed by atoms with E-state index in [1.807, 2.05) is 25.1 Å². The van der Waals surface area contributed by atoms with Gasteiger partial charge in [-0.1, -0.05) is 29.8 Å². The first kappa shape index (κ1) is 31.5. The van der Waals surface area contributed by atoms with E-state index in [0.717, 1.165) is 53.2 Å². The molecular weight excluding hydrogens is 596 g/mol. The number of hydrogen-bond acceptors (Lipinski definition) is 8. The highest BCUT2D eigenvalue weighted by molar-refractivity contribution is 7.89. The number of carboxylic acid groups (broad SMARTS) is 1. The largest absolute Gasteiger partial charge is 0.490 e. The van der Waals surface area contributed by atoms with Crippen LogP contribution in [0.3, 0.4) is 0 Å². The summed E-state index contributed by atoms with van der Waals surface area (Å²) >= 11 is 0. The van der Waals surface area contributed by atoms with Crippen molar-refractivity contribution in [2.24, 2.45) is 0 Å². The molecule has 0 aromatic heterocycles. The molecule has 0 aliphatic carbocycles. The Labute approximate surface area is 264 Å². The van der Waals surface area contributed by atoms with Gasteiger partial charge in [0.05, 0.1) is 35.9 Å². The summed E-state index contributed by atoms with van der Waals surface area (Å²) in [7, 11) is -2.09. The maximum absolute atomic E-state index is 13.8. The van der Waals surface area contributed by atoms with Crippen LogP contribution >= 0.6 is 0 Å². The van der Waals surface area contributed by atoms with Crippen LogP contribution in [-0.2, 0) is 42.9 Å². The predicted molar refractivity (Wildman–Crippen MR) is 169 cm³/mol. The van der Waals surface area contributed by atoms with E-state index in [2.05, 4.69) is 11.0 Å². The lowest BCUT2D eigenvalue weighted by Gasteiger charge is -2.49. The molecule has 0 bridgehead atoms. The van der Waals surface area contributed by atoms with Crippen molar-refractivity contribution in [2.75, 3.05) is 58.0 Å². The van der Waals surface area contributed by atoms with Gasteiger partial charge in [-0.05, 0) is 79.3 Å². The molecule has 11 heteroatoms. The average Bonchev–Trinajstić information content (AvgIpc) is 3.04. The Morgan fingerprint density at radius 1 is 1.07 bits per heavy atom. The highest BCUT2D eigenvalue weighted by Gasteiger charge is 2.51. The molecule has 240 valence electrons. The number of aromatic carboxylic acids is 1. The SMILES string of the molecule is COCCCN1CCOc2ccc(CO[C@H]3CN(S(=O)(=O)c4ccc(C)cc4)CC[C@@]34OCCc3cc(C(=O)O)ccc34)cc21. The smallest absolute Gasteiger partial charge is 0.335 e. The second kappa shape index (κ2) is 13.1. The molecule has 3 heterocycles. The molecule has 6 rings (SSSR count). The third-order valence-electron chi connectivity index (χ3n) is 9.03. The Morgan fingerprint density at radius 3 is 2.67 bits per heavy atom. The molecule has 3 aliphatic heterocycles. The Morgan fingerprint density at radius 2 is 1.89 bits per heavy atom. The third-order valence-corrected chi connectivity index (χ3v) is 10.9. The van der Waals surface area contributed by atoms with Crippen LogP contribution in [-0.4, -0.2) is 83.0 Å². The van der Waals surface area contributed by atoms with Crippen molar-refractivity contribution in [2.45, 2.75) is 49.4 Å². The summed E-state index contributed by atoms with van der Waals surface area (Å²) in [5.74, 6) is -0.163. The Hall–Kier alpha value is -3.48. The molecule has 1 saturated heterocycles. The molecule has 10 nitrogen and oxygen atoms in total. The molecule has 0 radical (unpaired) electrons. The van der Waals surface area contributed by atoms with Crippen LogP contribution in [0.1, 0.15) is 45.5 Å². The van der Waals surface area contributed by atoms with Gasteiger partial charge in [0.2, 0.25) is 10.0 Å². The Kier molecular flexibility index (Phi) is 9.17. The maximum Gasteiger partial charge on any atom is 0.335 e. The van der Waals surface area contributed by atoms with Gasteiger partial charge >= 0.3 is 5.97 Å². The number of piperidine rings is 1. The number of fused-ring (bicyclic) bond motifs is 3. The summed E-state index contributed by atoms with van der Waals surface area (Å²) in [6, 6.07) is 18.0. The fourth-order valence-corrected chi connectivity index (χ4v) is 8.06. The van der Waals surface area contributed by atoms with Crippen LogP contribution in [0.5, 0.6) is 5.75 Å². The minimum absolute atomic E-state index is 0.0908. The number of sulfonamides is 1. The van der Waals surface area contributed by atoms with Crippen LogP contribution in [0, 0.1) is 6.92 Å². The van der Waals surface area contributed by atoms with E-state index in [-0.39, 0.29) is 30.2 Å². The van der Waals surface area contributed by atoms with Gasteiger partial charge in [-0.3, -0.25) is 0 Å². The van der Waals surface area contributed by atoms with E-state index in [1.54, 1.807) is 43.5 Å². The second-order valence-electron chi connectivity index (χ2n) is 11.9. The van der Waals surface area contributed by atoms with Crippen LogP contribution in [0.25, 0.3) is 0 Å². The number of carbonyl (C=O) groups is 1. The van der Waals surface area contributed by atoms with E-state index < -0.39 is 27.7 Å². The van der Waals surface area contributed by atoms with E-state index in [0.29, 0.717) is 32.7 Å². The molecule has 0 saturated carbocycles. The Balaban J connectivity index is 1.31. The summed E-state index contributed by atoms with van der Waals surface area (Å²) < 4.78 is 53.5. The van der Waals surface area contributed by atoms with Crippen molar-refractivity contribution in [3.05, 3.63) is 88.5 Å². The standard InChI is InChI=1S/C34H40N2O8S/c1-24-4-8-28(9-5-24)45(39,40)36-15-13-34(29-10-7-27(33(37)38)21-26(29)12-18-44-34)32(22-36)43-23-25-6-11-31-30(20-25)35(16-19-42-31)14-3-17-41-2/h4-11,20-21,32H,3,12-19,22-23H2,1-2H3,(H,37,38)/t32-,34-/m0/s1. The molecule has 1 fully saturated rings. The molecule has 45 heavy (non-hydrogen) atoms. The summed E-state index contributed by atoms with van der Waals surface area (Å²) in [6.07, 6.45) is 1.19. The number of aryl methyl sites for hydroxylation is 1. The van der Waals surface area contributed by atoms with Gasteiger partial charge in [0.1, 0.15) is 24.1 Å². The quantitative estimate of drug-likeness (QED) is 0.324. The zero-order chi connectivity index (χ0) is 31.6. The number of benzene rings is 3. The number of methoxy groups -OCH3 is 1. The number of anilines is 1. The first-order valence-electron chi connectivity index (χ1n) is 15.4.